The molecule has 2 aromatic carbocycles. The molecule has 0 aromatic heterocycles. The van der Waals surface area contributed by atoms with Crippen LogP contribution in [0.15, 0.2) is 60.7 Å². The molecule has 0 unspecified atom stereocenters. The van der Waals surface area contributed by atoms with E-state index in [9.17, 15) is 4.79 Å². The molecule has 2 rings (SSSR count). The van der Waals surface area contributed by atoms with Crippen LogP contribution in [0.4, 0.5) is 0 Å². The highest BCUT2D eigenvalue weighted by Crippen LogP contribution is 2.14. The van der Waals surface area contributed by atoms with Crippen molar-refractivity contribution in [2.75, 3.05) is 13.2 Å². The molecule has 0 aliphatic heterocycles. The van der Waals surface area contributed by atoms with Crippen LogP contribution in [0.25, 0.3) is 6.08 Å². The maximum Gasteiger partial charge on any atom is 0.328 e. The minimum Gasteiger partial charge on any atom is -0.490 e. The van der Waals surface area contributed by atoms with Crippen LogP contribution in [0.3, 0.4) is 0 Å². The molecule has 0 heterocycles. The van der Waals surface area contributed by atoms with Crippen molar-refractivity contribution in [3.8, 4) is 11.5 Å². The number of carboxylic acids is 1. The molecule has 4 heteroatoms. The Hall–Kier alpha value is -2.75. The second-order valence-electron chi connectivity index (χ2n) is 4.25. The molecule has 21 heavy (non-hydrogen) atoms. The summed E-state index contributed by atoms with van der Waals surface area (Å²) in [6.07, 6.45) is 2.62. The number of aliphatic carboxylic acids is 1. The Morgan fingerprint density at radius 2 is 1.62 bits per heavy atom. The first kappa shape index (κ1) is 14.7. The van der Waals surface area contributed by atoms with Crippen molar-refractivity contribution < 1.29 is 19.4 Å². The Kier molecular flexibility index (Phi) is 5.41. The lowest BCUT2D eigenvalue weighted by Crippen LogP contribution is -2.08. The zero-order valence-corrected chi connectivity index (χ0v) is 11.4. The summed E-state index contributed by atoms with van der Waals surface area (Å²) in [5.41, 5.74) is 0.777. The van der Waals surface area contributed by atoms with Crippen molar-refractivity contribution in [3.63, 3.8) is 0 Å². The van der Waals surface area contributed by atoms with Crippen molar-refractivity contribution in [2.24, 2.45) is 0 Å². The van der Waals surface area contributed by atoms with Crippen LogP contribution >= 0.6 is 0 Å². The summed E-state index contributed by atoms with van der Waals surface area (Å²) >= 11 is 0. The highest BCUT2D eigenvalue weighted by molar-refractivity contribution is 5.85. The molecule has 108 valence electrons. The molecule has 0 fully saturated rings. The highest BCUT2D eigenvalue weighted by atomic mass is 16.5. The van der Waals surface area contributed by atoms with E-state index in [0.717, 1.165) is 17.4 Å². The summed E-state index contributed by atoms with van der Waals surface area (Å²) in [5.74, 6) is 0.510. The molecule has 0 saturated carbocycles. The monoisotopic (exact) mass is 284 g/mol. The van der Waals surface area contributed by atoms with Crippen molar-refractivity contribution in [1.29, 1.82) is 0 Å². The topological polar surface area (TPSA) is 55.8 Å². The van der Waals surface area contributed by atoms with Gasteiger partial charge in [0.15, 0.2) is 0 Å². The van der Waals surface area contributed by atoms with E-state index >= 15 is 0 Å². The number of benzene rings is 2. The van der Waals surface area contributed by atoms with Crippen molar-refractivity contribution >= 4 is 12.0 Å². The number of carbonyl (C=O) groups is 1. The predicted molar refractivity (Wildman–Crippen MR) is 80.5 cm³/mol. The fourth-order valence-electron chi connectivity index (χ4n) is 1.71. The summed E-state index contributed by atoms with van der Waals surface area (Å²) in [6.45, 7) is 0.861. The summed E-state index contributed by atoms with van der Waals surface area (Å²) in [4.78, 5) is 10.5. The molecule has 0 amide bonds. The van der Waals surface area contributed by atoms with E-state index in [0.29, 0.717) is 19.0 Å². The summed E-state index contributed by atoms with van der Waals surface area (Å²) in [5, 5.41) is 8.59. The van der Waals surface area contributed by atoms with Gasteiger partial charge in [-0.1, -0.05) is 30.3 Å². The third-order valence-corrected chi connectivity index (χ3v) is 2.64. The number of hydrogen-bond donors (Lipinski definition) is 1. The summed E-state index contributed by atoms with van der Waals surface area (Å²) < 4.78 is 11.1. The van der Waals surface area contributed by atoms with E-state index in [-0.39, 0.29) is 0 Å². The maximum absolute atomic E-state index is 10.5. The molecular formula is C17H16O4. The third-order valence-electron chi connectivity index (χ3n) is 2.64. The fourth-order valence-corrected chi connectivity index (χ4v) is 1.71. The van der Waals surface area contributed by atoms with Crippen LogP contribution in [0.1, 0.15) is 5.56 Å². The molecule has 0 atom stereocenters. The van der Waals surface area contributed by atoms with Crippen LogP contribution < -0.4 is 9.47 Å². The van der Waals surface area contributed by atoms with Gasteiger partial charge in [-0.2, -0.15) is 0 Å². The standard InChI is InChI=1S/C17H16O4/c18-17(19)10-9-14-5-4-8-16(13-14)21-12-11-20-15-6-2-1-3-7-15/h1-10,13H,11-12H2,(H,18,19). The van der Waals surface area contributed by atoms with Gasteiger partial charge in [0.25, 0.3) is 0 Å². The van der Waals surface area contributed by atoms with Gasteiger partial charge in [-0.3, -0.25) is 0 Å². The minimum absolute atomic E-state index is 0.418. The van der Waals surface area contributed by atoms with E-state index in [4.69, 9.17) is 14.6 Å². The van der Waals surface area contributed by atoms with Crippen LogP contribution in [-0.2, 0) is 4.79 Å². The molecule has 0 spiro atoms. The smallest absolute Gasteiger partial charge is 0.328 e. The fraction of sp³-hybridized carbons (Fsp3) is 0.118. The molecule has 2 aromatic rings. The van der Waals surface area contributed by atoms with E-state index in [1.807, 2.05) is 48.5 Å². The highest BCUT2D eigenvalue weighted by Gasteiger charge is 1.97. The van der Waals surface area contributed by atoms with Crippen molar-refractivity contribution in [2.45, 2.75) is 0 Å². The van der Waals surface area contributed by atoms with Gasteiger partial charge in [0.1, 0.15) is 24.7 Å². The largest absolute Gasteiger partial charge is 0.490 e. The van der Waals surface area contributed by atoms with E-state index < -0.39 is 5.97 Å². The van der Waals surface area contributed by atoms with E-state index in [2.05, 4.69) is 0 Å². The first-order valence-corrected chi connectivity index (χ1v) is 6.56. The van der Waals surface area contributed by atoms with Crippen LogP contribution in [0.5, 0.6) is 11.5 Å². The molecule has 0 bridgehead atoms. The number of carboxylic acid groups (broad SMARTS) is 1. The van der Waals surface area contributed by atoms with Crippen LogP contribution in [-0.4, -0.2) is 24.3 Å². The van der Waals surface area contributed by atoms with Gasteiger partial charge in [0.2, 0.25) is 0 Å². The number of hydrogen-bond acceptors (Lipinski definition) is 3. The Morgan fingerprint density at radius 1 is 0.952 bits per heavy atom. The van der Waals surface area contributed by atoms with Gasteiger partial charge < -0.3 is 14.6 Å². The van der Waals surface area contributed by atoms with Gasteiger partial charge in [-0.15, -0.1) is 0 Å². The lowest BCUT2D eigenvalue weighted by atomic mass is 10.2. The maximum atomic E-state index is 10.5. The first-order valence-electron chi connectivity index (χ1n) is 6.56. The number of para-hydroxylation sites is 1. The minimum atomic E-state index is -0.974. The van der Waals surface area contributed by atoms with E-state index in [1.165, 1.54) is 6.08 Å². The Balaban J connectivity index is 1.80. The zero-order chi connectivity index (χ0) is 14.9. The molecule has 4 nitrogen and oxygen atoms in total. The normalized spacial score (nSPS) is 10.5. The van der Waals surface area contributed by atoms with Crippen molar-refractivity contribution in [1.82, 2.24) is 0 Å². The van der Waals surface area contributed by atoms with Gasteiger partial charge in [0, 0.05) is 6.08 Å². The lowest BCUT2D eigenvalue weighted by molar-refractivity contribution is -0.131. The van der Waals surface area contributed by atoms with Gasteiger partial charge >= 0.3 is 5.97 Å². The average molecular weight is 284 g/mol. The third kappa shape index (κ3) is 5.40. The lowest BCUT2D eigenvalue weighted by Gasteiger charge is -2.08. The molecule has 0 radical (unpaired) electrons. The molecule has 0 aliphatic rings. The van der Waals surface area contributed by atoms with Gasteiger partial charge in [-0.25, -0.2) is 4.79 Å². The van der Waals surface area contributed by atoms with Gasteiger partial charge in [-0.05, 0) is 35.9 Å². The SMILES string of the molecule is O=C(O)C=Cc1cccc(OCCOc2ccccc2)c1. The second-order valence-corrected chi connectivity index (χ2v) is 4.25. The average Bonchev–Trinajstić information content (AvgIpc) is 2.51. The number of rotatable bonds is 7. The second kappa shape index (κ2) is 7.75. The Morgan fingerprint density at radius 3 is 2.33 bits per heavy atom. The predicted octanol–water partition coefficient (Wildman–Crippen LogP) is 3.24. The molecule has 0 aliphatic carbocycles. The van der Waals surface area contributed by atoms with Gasteiger partial charge in [0.05, 0.1) is 0 Å². The van der Waals surface area contributed by atoms with E-state index in [1.54, 1.807) is 6.07 Å². The Bertz CT molecular complexity index is 605. The zero-order valence-electron chi connectivity index (χ0n) is 11.4. The molecular weight excluding hydrogens is 268 g/mol. The summed E-state index contributed by atoms with van der Waals surface area (Å²) in [7, 11) is 0. The molecule has 1 N–H and O–H groups in total. The van der Waals surface area contributed by atoms with Crippen LogP contribution in [0, 0.1) is 0 Å². The quantitative estimate of drug-likeness (QED) is 0.626. The summed E-state index contributed by atoms with van der Waals surface area (Å²) in [6, 6.07) is 16.8. The Labute approximate surface area is 123 Å². The first-order chi connectivity index (χ1) is 10.2. The van der Waals surface area contributed by atoms with Crippen molar-refractivity contribution in [3.05, 3.63) is 66.2 Å². The number of ether oxygens (including phenoxy) is 2. The van der Waals surface area contributed by atoms with Crippen LogP contribution in [0.2, 0.25) is 0 Å². The molecule has 0 saturated heterocycles.